The Hall–Kier alpha value is -0.770. The van der Waals surface area contributed by atoms with E-state index < -0.39 is 13.0 Å². The van der Waals surface area contributed by atoms with E-state index in [0.717, 1.165) is 10.5 Å². The lowest BCUT2D eigenvalue weighted by molar-refractivity contribution is 0.0817. The van der Waals surface area contributed by atoms with Crippen LogP contribution in [0.15, 0.2) is 23.1 Å². The van der Waals surface area contributed by atoms with Gasteiger partial charge in [0, 0.05) is 4.90 Å². The zero-order chi connectivity index (χ0) is 10.6. The van der Waals surface area contributed by atoms with Crippen molar-refractivity contribution in [3.63, 3.8) is 0 Å². The third kappa shape index (κ3) is 3.54. The largest absolute Gasteiger partial charge is 0.488 e. The third-order valence-electron chi connectivity index (χ3n) is 1.64. The van der Waals surface area contributed by atoms with Crippen molar-refractivity contribution in [2.75, 3.05) is 12.9 Å². The van der Waals surface area contributed by atoms with Crippen molar-refractivity contribution < 1.29 is 13.5 Å². The molecule has 0 unspecified atom stereocenters. The molecule has 0 N–H and O–H groups in total. The van der Waals surface area contributed by atoms with Crippen LogP contribution in [0.1, 0.15) is 5.56 Å². The minimum absolute atomic E-state index is 0.509. The first-order valence-corrected chi connectivity index (χ1v) is 5.41. The minimum Gasteiger partial charge on any atom is -0.488 e. The van der Waals surface area contributed by atoms with Gasteiger partial charge in [-0.15, -0.1) is 11.8 Å². The van der Waals surface area contributed by atoms with Crippen molar-refractivity contribution in [3.8, 4) is 5.75 Å². The quantitative estimate of drug-likeness (QED) is 0.717. The van der Waals surface area contributed by atoms with Crippen molar-refractivity contribution in [1.29, 1.82) is 0 Å². The van der Waals surface area contributed by atoms with Crippen LogP contribution < -0.4 is 4.74 Å². The van der Waals surface area contributed by atoms with E-state index in [1.54, 1.807) is 23.9 Å². The lowest BCUT2D eigenvalue weighted by Gasteiger charge is -2.07. The summed E-state index contributed by atoms with van der Waals surface area (Å²) in [5.41, 5.74) is 1.01. The fraction of sp³-hybridized carbons (Fsp3) is 0.400. The second-order valence-corrected chi connectivity index (χ2v) is 3.77. The molecule has 0 aliphatic carbocycles. The molecule has 1 rings (SSSR count). The van der Waals surface area contributed by atoms with E-state index in [2.05, 4.69) is 0 Å². The monoisotopic (exact) mass is 218 g/mol. The van der Waals surface area contributed by atoms with E-state index in [9.17, 15) is 8.78 Å². The summed E-state index contributed by atoms with van der Waals surface area (Å²) in [6.07, 6.45) is -0.487. The van der Waals surface area contributed by atoms with Gasteiger partial charge < -0.3 is 4.74 Å². The van der Waals surface area contributed by atoms with Gasteiger partial charge in [-0.05, 0) is 36.9 Å². The highest BCUT2D eigenvalue weighted by atomic mass is 32.2. The van der Waals surface area contributed by atoms with Crippen molar-refractivity contribution >= 4 is 11.8 Å². The van der Waals surface area contributed by atoms with E-state index in [1.165, 1.54) is 0 Å². The summed E-state index contributed by atoms with van der Waals surface area (Å²) in [6.45, 7) is 1.37. The summed E-state index contributed by atoms with van der Waals surface area (Å²) in [5.74, 6) is 0.509. The van der Waals surface area contributed by atoms with Crippen molar-refractivity contribution in [2.45, 2.75) is 18.2 Å². The van der Waals surface area contributed by atoms with Crippen molar-refractivity contribution in [2.24, 2.45) is 0 Å². The minimum atomic E-state index is -2.42. The van der Waals surface area contributed by atoms with E-state index in [4.69, 9.17) is 4.74 Å². The smallest absolute Gasteiger partial charge is 0.272 e. The standard InChI is InChI=1S/C10H12F2OS/c1-7-3-8(13-6-10(11)12)5-9(4-7)14-2/h3-5,10H,6H2,1-2H3. The predicted molar refractivity (Wildman–Crippen MR) is 54.5 cm³/mol. The first kappa shape index (κ1) is 11.3. The summed E-state index contributed by atoms with van der Waals surface area (Å²) in [4.78, 5) is 1.02. The maximum Gasteiger partial charge on any atom is 0.272 e. The Morgan fingerprint density at radius 1 is 1.36 bits per heavy atom. The summed E-state index contributed by atoms with van der Waals surface area (Å²) < 4.78 is 28.7. The number of ether oxygens (including phenoxy) is 1. The molecule has 0 amide bonds. The van der Waals surface area contributed by atoms with Crippen LogP contribution in [-0.4, -0.2) is 19.3 Å². The molecule has 1 aromatic carbocycles. The Morgan fingerprint density at radius 2 is 2.07 bits per heavy atom. The lowest BCUT2D eigenvalue weighted by atomic mass is 10.2. The Bertz CT molecular complexity index is 302. The highest BCUT2D eigenvalue weighted by Gasteiger charge is 2.04. The van der Waals surface area contributed by atoms with Gasteiger partial charge in [-0.1, -0.05) is 0 Å². The average Bonchev–Trinajstić information content (AvgIpc) is 2.14. The Labute approximate surface area is 86.5 Å². The molecular weight excluding hydrogens is 206 g/mol. The summed E-state index contributed by atoms with van der Waals surface area (Å²) in [5, 5.41) is 0. The molecule has 1 aromatic rings. The molecule has 78 valence electrons. The van der Waals surface area contributed by atoms with Gasteiger partial charge >= 0.3 is 0 Å². The van der Waals surface area contributed by atoms with E-state index >= 15 is 0 Å². The number of rotatable bonds is 4. The zero-order valence-electron chi connectivity index (χ0n) is 8.09. The van der Waals surface area contributed by atoms with Gasteiger partial charge in [0.05, 0.1) is 0 Å². The van der Waals surface area contributed by atoms with Crippen LogP contribution in [0.3, 0.4) is 0 Å². The van der Waals surface area contributed by atoms with Crippen LogP contribution in [0.2, 0.25) is 0 Å². The van der Waals surface area contributed by atoms with E-state index in [0.29, 0.717) is 5.75 Å². The average molecular weight is 218 g/mol. The van der Waals surface area contributed by atoms with Crippen LogP contribution in [-0.2, 0) is 0 Å². The first-order chi connectivity index (χ1) is 6.61. The number of alkyl halides is 2. The van der Waals surface area contributed by atoms with Crippen molar-refractivity contribution in [1.82, 2.24) is 0 Å². The maximum absolute atomic E-state index is 11.9. The first-order valence-electron chi connectivity index (χ1n) is 4.18. The van der Waals surface area contributed by atoms with Crippen LogP contribution in [0.25, 0.3) is 0 Å². The topological polar surface area (TPSA) is 9.23 Å². The fourth-order valence-electron chi connectivity index (χ4n) is 1.07. The van der Waals surface area contributed by atoms with Crippen LogP contribution in [0.5, 0.6) is 5.75 Å². The molecule has 0 spiro atoms. The van der Waals surface area contributed by atoms with Crippen LogP contribution in [0.4, 0.5) is 8.78 Å². The molecule has 0 saturated heterocycles. The Balaban J connectivity index is 2.71. The molecule has 0 atom stereocenters. The Kier molecular flexibility index (Phi) is 4.20. The van der Waals surface area contributed by atoms with Gasteiger partial charge in [-0.2, -0.15) is 0 Å². The van der Waals surface area contributed by atoms with Gasteiger partial charge in [-0.3, -0.25) is 0 Å². The predicted octanol–water partition coefficient (Wildman–Crippen LogP) is 3.36. The van der Waals surface area contributed by atoms with Gasteiger partial charge in [0.2, 0.25) is 0 Å². The second-order valence-electron chi connectivity index (χ2n) is 2.89. The third-order valence-corrected chi connectivity index (χ3v) is 2.34. The zero-order valence-corrected chi connectivity index (χ0v) is 8.91. The Morgan fingerprint density at radius 3 is 2.64 bits per heavy atom. The van der Waals surface area contributed by atoms with Gasteiger partial charge in [0.25, 0.3) is 6.43 Å². The van der Waals surface area contributed by atoms with E-state index in [-0.39, 0.29) is 0 Å². The molecule has 4 heteroatoms. The molecular formula is C10H12F2OS. The number of hydrogen-bond acceptors (Lipinski definition) is 2. The maximum atomic E-state index is 11.9. The molecule has 0 aliphatic heterocycles. The molecule has 0 aromatic heterocycles. The molecule has 0 aliphatic rings. The van der Waals surface area contributed by atoms with Gasteiger partial charge in [0.1, 0.15) is 12.4 Å². The van der Waals surface area contributed by atoms with Crippen LogP contribution in [0, 0.1) is 6.92 Å². The molecule has 1 nitrogen and oxygen atoms in total. The highest BCUT2D eigenvalue weighted by molar-refractivity contribution is 7.98. The molecule has 0 saturated carbocycles. The highest BCUT2D eigenvalue weighted by Crippen LogP contribution is 2.23. The summed E-state index contributed by atoms with van der Waals surface area (Å²) in [7, 11) is 0. The molecule has 0 radical (unpaired) electrons. The summed E-state index contributed by atoms with van der Waals surface area (Å²) >= 11 is 1.56. The number of thioether (sulfide) groups is 1. The lowest BCUT2D eigenvalue weighted by Crippen LogP contribution is -2.07. The van der Waals surface area contributed by atoms with Crippen LogP contribution >= 0.6 is 11.8 Å². The number of aryl methyl sites for hydroxylation is 1. The SMILES string of the molecule is CSc1cc(C)cc(OCC(F)F)c1. The van der Waals surface area contributed by atoms with Gasteiger partial charge in [0.15, 0.2) is 0 Å². The second kappa shape index (κ2) is 5.20. The molecule has 0 fully saturated rings. The normalized spacial score (nSPS) is 10.6. The van der Waals surface area contributed by atoms with Gasteiger partial charge in [-0.25, -0.2) is 8.78 Å². The number of hydrogen-bond donors (Lipinski definition) is 0. The van der Waals surface area contributed by atoms with E-state index in [1.807, 2.05) is 19.2 Å². The van der Waals surface area contributed by atoms with Crippen molar-refractivity contribution in [3.05, 3.63) is 23.8 Å². The molecule has 0 bridgehead atoms. The molecule has 14 heavy (non-hydrogen) atoms. The molecule has 0 heterocycles. The summed E-state index contributed by atoms with van der Waals surface area (Å²) in [6, 6.07) is 5.50. The fourth-order valence-corrected chi connectivity index (χ4v) is 1.61. The number of benzene rings is 1. The number of halogens is 2.